The van der Waals surface area contributed by atoms with Crippen molar-refractivity contribution in [3.05, 3.63) is 76.9 Å². The zero-order chi connectivity index (χ0) is 23.5. The molecule has 2 N–H and O–H groups in total. The molecular weight excluding hydrogens is 440 g/mol. The van der Waals surface area contributed by atoms with E-state index in [0.29, 0.717) is 17.0 Å². The van der Waals surface area contributed by atoms with Gasteiger partial charge in [0, 0.05) is 38.8 Å². The van der Waals surface area contributed by atoms with Crippen LogP contribution < -0.4 is 20.4 Å². The minimum Gasteiger partial charge on any atom is -0.362 e. The number of rotatable bonds is 5. The molecule has 6 nitrogen and oxygen atoms in total. The summed E-state index contributed by atoms with van der Waals surface area (Å²) in [5.74, 6) is 2.93. The quantitative estimate of drug-likeness (QED) is 0.529. The van der Waals surface area contributed by atoms with Gasteiger partial charge in [-0.05, 0) is 53.2 Å². The van der Waals surface area contributed by atoms with Crippen molar-refractivity contribution in [1.29, 1.82) is 0 Å². The Morgan fingerprint density at radius 3 is 1.85 bits per heavy atom. The lowest BCUT2D eigenvalue weighted by Gasteiger charge is -2.33. The smallest absolute Gasteiger partial charge is 0.232 e. The summed E-state index contributed by atoms with van der Waals surface area (Å²) in [6.07, 6.45) is 2.04. The van der Waals surface area contributed by atoms with Crippen LogP contribution in [0.15, 0.2) is 54.6 Å². The topological polar surface area (TPSA) is 56.3 Å². The number of fused-ring (bicyclic) bond motifs is 2. The molecule has 2 aromatic carbocycles. The molecule has 34 heavy (non-hydrogen) atoms. The lowest BCUT2D eigenvalue weighted by Crippen LogP contribution is -2.35. The molecule has 0 atom stereocenters. The molecule has 2 aliphatic heterocycles. The van der Waals surface area contributed by atoms with Crippen molar-refractivity contribution in [2.24, 2.45) is 5.92 Å². The third-order valence-corrected chi connectivity index (χ3v) is 6.75. The normalized spacial score (nSPS) is 15.0. The van der Waals surface area contributed by atoms with E-state index in [4.69, 9.17) is 22.2 Å². The Morgan fingerprint density at radius 1 is 0.853 bits per heavy atom. The summed E-state index contributed by atoms with van der Waals surface area (Å²) in [6, 6.07) is 19.5. The second-order valence-electron chi connectivity index (χ2n) is 9.52. The maximum Gasteiger partial charge on any atom is 0.232 e. The van der Waals surface area contributed by atoms with E-state index in [1.54, 1.807) is 0 Å². The minimum atomic E-state index is 0.504. The highest BCUT2D eigenvalue weighted by atomic mass is 32.1. The predicted octanol–water partition coefficient (Wildman–Crippen LogP) is 4.54. The molecule has 5 rings (SSSR count). The standard InChI is InChI=1S/C27H32N6S/c1-19(2)16-28-27(34)31-26-29-24(32-13-11-20-7-3-5-9-22(20)17-32)15-25(30-26)33-14-12-21-8-4-6-10-23(21)18-33/h3-10,15,19H,11-14,16-18H2,1-2H3,(H2,28,29,30,31,34). The molecule has 1 aromatic heterocycles. The number of anilines is 3. The Labute approximate surface area is 207 Å². The monoisotopic (exact) mass is 472 g/mol. The Morgan fingerprint density at radius 2 is 1.35 bits per heavy atom. The molecule has 0 spiro atoms. The SMILES string of the molecule is CC(C)CNC(=S)Nc1nc(N2CCc3ccccc3C2)cc(N2CCc3ccccc3C2)n1. The van der Waals surface area contributed by atoms with Gasteiger partial charge in [0.15, 0.2) is 5.11 Å². The highest BCUT2D eigenvalue weighted by molar-refractivity contribution is 7.80. The van der Waals surface area contributed by atoms with Crippen molar-refractivity contribution in [3.8, 4) is 0 Å². The van der Waals surface area contributed by atoms with E-state index in [-0.39, 0.29) is 0 Å². The molecule has 0 radical (unpaired) electrons. The second kappa shape index (κ2) is 9.97. The fourth-order valence-corrected chi connectivity index (χ4v) is 4.80. The highest BCUT2D eigenvalue weighted by Crippen LogP contribution is 2.29. The van der Waals surface area contributed by atoms with E-state index >= 15 is 0 Å². The van der Waals surface area contributed by atoms with Gasteiger partial charge < -0.3 is 20.4 Å². The summed E-state index contributed by atoms with van der Waals surface area (Å²) in [5.41, 5.74) is 5.59. The number of hydrogen-bond donors (Lipinski definition) is 2. The van der Waals surface area contributed by atoms with Gasteiger partial charge in [0.2, 0.25) is 5.95 Å². The van der Waals surface area contributed by atoms with Crippen molar-refractivity contribution in [3.63, 3.8) is 0 Å². The number of nitrogens with one attached hydrogen (secondary N) is 2. The third-order valence-electron chi connectivity index (χ3n) is 6.50. The van der Waals surface area contributed by atoms with Gasteiger partial charge >= 0.3 is 0 Å². The summed E-state index contributed by atoms with van der Waals surface area (Å²) in [7, 11) is 0. The Kier molecular flexibility index (Phi) is 6.63. The summed E-state index contributed by atoms with van der Waals surface area (Å²) in [6.45, 7) is 8.71. The molecule has 176 valence electrons. The fourth-order valence-electron chi connectivity index (χ4n) is 4.63. The first-order valence-electron chi connectivity index (χ1n) is 12.1. The Hall–Kier alpha value is -3.19. The molecule has 3 aromatic rings. The van der Waals surface area contributed by atoms with E-state index in [0.717, 1.165) is 57.2 Å². The Balaban J connectivity index is 1.43. The van der Waals surface area contributed by atoms with Crippen LogP contribution >= 0.6 is 12.2 Å². The number of hydrogen-bond acceptors (Lipinski definition) is 5. The van der Waals surface area contributed by atoms with Gasteiger partial charge in [-0.3, -0.25) is 0 Å². The zero-order valence-corrected chi connectivity index (χ0v) is 20.7. The number of nitrogens with zero attached hydrogens (tertiary/aromatic N) is 4. The largest absolute Gasteiger partial charge is 0.362 e. The molecule has 2 aliphatic rings. The summed E-state index contributed by atoms with van der Waals surface area (Å²) >= 11 is 5.53. The van der Waals surface area contributed by atoms with E-state index < -0.39 is 0 Å². The molecule has 0 saturated heterocycles. The predicted molar refractivity (Wildman–Crippen MR) is 143 cm³/mol. The van der Waals surface area contributed by atoms with Crippen LogP contribution in [-0.4, -0.2) is 34.7 Å². The molecular formula is C27H32N6S. The van der Waals surface area contributed by atoms with Crippen molar-refractivity contribution in [2.45, 2.75) is 39.8 Å². The van der Waals surface area contributed by atoms with Crippen LogP contribution in [0.4, 0.5) is 17.6 Å². The van der Waals surface area contributed by atoms with Crippen LogP contribution in [0.2, 0.25) is 0 Å². The summed E-state index contributed by atoms with van der Waals surface area (Å²) in [4.78, 5) is 14.5. The average Bonchev–Trinajstić information content (AvgIpc) is 2.86. The summed E-state index contributed by atoms with van der Waals surface area (Å²) < 4.78 is 0. The van der Waals surface area contributed by atoms with E-state index in [1.165, 1.54) is 22.3 Å². The van der Waals surface area contributed by atoms with Crippen LogP contribution in [0.1, 0.15) is 36.1 Å². The summed E-state index contributed by atoms with van der Waals surface area (Å²) in [5, 5.41) is 7.07. The van der Waals surface area contributed by atoms with Crippen molar-refractivity contribution in [2.75, 3.05) is 34.8 Å². The van der Waals surface area contributed by atoms with Gasteiger partial charge in [0.05, 0.1) is 0 Å². The molecule has 0 unspecified atom stereocenters. The van der Waals surface area contributed by atoms with Crippen LogP contribution in [0.5, 0.6) is 0 Å². The van der Waals surface area contributed by atoms with E-state index in [1.807, 2.05) is 0 Å². The van der Waals surface area contributed by atoms with Gasteiger partial charge in [-0.15, -0.1) is 0 Å². The molecule has 3 heterocycles. The number of benzene rings is 2. The zero-order valence-electron chi connectivity index (χ0n) is 19.9. The molecule has 0 bridgehead atoms. The second-order valence-corrected chi connectivity index (χ2v) is 9.93. The van der Waals surface area contributed by atoms with Crippen molar-refractivity contribution < 1.29 is 0 Å². The van der Waals surface area contributed by atoms with Gasteiger partial charge in [-0.2, -0.15) is 9.97 Å². The van der Waals surface area contributed by atoms with Crippen LogP contribution in [0.25, 0.3) is 0 Å². The van der Waals surface area contributed by atoms with Crippen molar-refractivity contribution in [1.82, 2.24) is 15.3 Å². The lowest BCUT2D eigenvalue weighted by atomic mass is 9.99. The number of thiocarbonyl (C=S) groups is 1. The highest BCUT2D eigenvalue weighted by Gasteiger charge is 2.22. The van der Waals surface area contributed by atoms with E-state index in [2.05, 4.69) is 88.9 Å². The van der Waals surface area contributed by atoms with Crippen LogP contribution in [0, 0.1) is 5.92 Å². The first-order chi connectivity index (χ1) is 16.5. The molecule has 7 heteroatoms. The first-order valence-corrected chi connectivity index (χ1v) is 12.5. The lowest BCUT2D eigenvalue weighted by molar-refractivity contribution is 0.627. The maximum absolute atomic E-state index is 5.53. The van der Waals surface area contributed by atoms with Crippen molar-refractivity contribution >= 4 is 34.9 Å². The van der Waals surface area contributed by atoms with Gasteiger partial charge in [0.25, 0.3) is 0 Å². The molecule has 0 saturated carbocycles. The third kappa shape index (κ3) is 5.14. The van der Waals surface area contributed by atoms with Gasteiger partial charge in [-0.25, -0.2) is 0 Å². The van der Waals surface area contributed by atoms with Gasteiger partial charge in [-0.1, -0.05) is 62.4 Å². The minimum absolute atomic E-state index is 0.504. The molecule has 0 amide bonds. The maximum atomic E-state index is 5.53. The average molecular weight is 473 g/mol. The molecule has 0 fully saturated rings. The van der Waals surface area contributed by atoms with Gasteiger partial charge in [0.1, 0.15) is 11.6 Å². The fraction of sp³-hybridized carbons (Fsp3) is 0.370. The molecule has 0 aliphatic carbocycles. The Bertz CT molecular complexity index is 1100. The van der Waals surface area contributed by atoms with Crippen LogP contribution in [-0.2, 0) is 25.9 Å². The van der Waals surface area contributed by atoms with E-state index in [9.17, 15) is 0 Å². The van der Waals surface area contributed by atoms with Crippen LogP contribution in [0.3, 0.4) is 0 Å². The number of aromatic nitrogens is 2. The first kappa shape index (κ1) is 22.6.